The molecule has 1 aliphatic carbocycles. The zero-order valence-electron chi connectivity index (χ0n) is 16.1. The molecule has 2 aromatic rings. The maximum Gasteiger partial charge on any atom is 0.347 e. The van der Waals surface area contributed by atoms with Crippen LogP contribution in [-0.4, -0.2) is 36.3 Å². The number of carbonyl (C=O) groups is 1. The molecular weight excluding hydrogens is 362 g/mol. The summed E-state index contributed by atoms with van der Waals surface area (Å²) < 4.78 is 3.61. The van der Waals surface area contributed by atoms with Crippen LogP contribution < -0.4 is 11.0 Å². The number of nitrogens with one attached hydrogen (secondary N) is 1. The van der Waals surface area contributed by atoms with E-state index in [0.717, 1.165) is 36.5 Å². The van der Waals surface area contributed by atoms with E-state index in [1.807, 2.05) is 48.8 Å². The molecule has 146 valence electrons. The second-order valence-corrected chi connectivity index (χ2v) is 8.47. The summed E-state index contributed by atoms with van der Waals surface area (Å²) >= 11 is 1.82. The molecule has 8 heteroatoms. The minimum absolute atomic E-state index is 0.00193. The van der Waals surface area contributed by atoms with Gasteiger partial charge in [-0.25, -0.2) is 9.78 Å². The van der Waals surface area contributed by atoms with E-state index >= 15 is 0 Å². The normalized spacial score (nSPS) is 19.8. The van der Waals surface area contributed by atoms with Gasteiger partial charge in [-0.2, -0.15) is 4.98 Å². The van der Waals surface area contributed by atoms with Crippen LogP contribution in [0.15, 0.2) is 28.4 Å². The topological polar surface area (TPSA) is 81.8 Å². The summed E-state index contributed by atoms with van der Waals surface area (Å²) in [5.74, 6) is 0.00193. The average molecular weight is 390 g/mol. The van der Waals surface area contributed by atoms with E-state index in [-0.39, 0.29) is 17.6 Å². The first-order valence-corrected chi connectivity index (χ1v) is 10.3. The van der Waals surface area contributed by atoms with Crippen molar-refractivity contribution in [3.05, 3.63) is 40.3 Å². The molecule has 0 aliphatic heterocycles. The van der Waals surface area contributed by atoms with Gasteiger partial charge >= 0.3 is 5.69 Å². The minimum atomic E-state index is -0.285. The second kappa shape index (κ2) is 8.73. The quantitative estimate of drug-likeness (QED) is 0.819. The Bertz CT molecular complexity index is 852. The maximum absolute atomic E-state index is 12.3. The number of aryl methyl sites for hydroxylation is 3. The second-order valence-electron chi connectivity index (χ2n) is 7.20. The third-order valence-corrected chi connectivity index (χ3v) is 6.41. The highest BCUT2D eigenvalue weighted by molar-refractivity contribution is 7.99. The fourth-order valence-electron chi connectivity index (χ4n) is 3.50. The largest absolute Gasteiger partial charge is 0.353 e. The first-order chi connectivity index (χ1) is 12.9. The number of imidazole rings is 1. The van der Waals surface area contributed by atoms with E-state index in [0.29, 0.717) is 23.9 Å². The van der Waals surface area contributed by atoms with Crippen molar-refractivity contribution in [2.45, 2.75) is 68.9 Å². The molecule has 1 fully saturated rings. The molecule has 0 spiro atoms. The molecular formula is C19H27N5O2S. The van der Waals surface area contributed by atoms with Crippen LogP contribution in [0.3, 0.4) is 0 Å². The van der Waals surface area contributed by atoms with Gasteiger partial charge in [-0.3, -0.25) is 9.36 Å². The molecule has 3 rings (SSSR count). The van der Waals surface area contributed by atoms with Crippen molar-refractivity contribution in [1.29, 1.82) is 0 Å². The molecule has 1 amide bonds. The van der Waals surface area contributed by atoms with Crippen LogP contribution in [0.4, 0.5) is 0 Å². The number of hydrogen-bond donors (Lipinski definition) is 1. The Morgan fingerprint density at radius 3 is 2.67 bits per heavy atom. The van der Waals surface area contributed by atoms with Gasteiger partial charge in [0.15, 0.2) is 5.16 Å². The first kappa shape index (κ1) is 19.7. The zero-order valence-corrected chi connectivity index (χ0v) is 17.0. The average Bonchev–Trinajstić information content (AvgIpc) is 3.00. The smallest absolute Gasteiger partial charge is 0.347 e. The Balaban J connectivity index is 1.43. The third kappa shape index (κ3) is 5.22. The first-order valence-electron chi connectivity index (χ1n) is 9.41. The molecule has 1 N–H and O–H groups in total. The number of rotatable bonds is 6. The van der Waals surface area contributed by atoms with Gasteiger partial charge in [0.2, 0.25) is 5.91 Å². The molecule has 0 unspecified atom stereocenters. The minimum Gasteiger partial charge on any atom is -0.353 e. The van der Waals surface area contributed by atoms with Crippen molar-refractivity contribution in [2.24, 2.45) is 7.05 Å². The third-order valence-electron chi connectivity index (χ3n) is 5.00. The number of thioether (sulfide) groups is 1. The summed E-state index contributed by atoms with van der Waals surface area (Å²) in [6.07, 6.45) is 8.20. The lowest BCUT2D eigenvalue weighted by Gasteiger charge is -2.28. The molecule has 0 atom stereocenters. The summed E-state index contributed by atoms with van der Waals surface area (Å²) in [5, 5.41) is 4.73. The number of nitrogens with zero attached hydrogens (tertiary/aromatic N) is 4. The van der Waals surface area contributed by atoms with Crippen LogP contribution in [0.1, 0.15) is 43.5 Å². The highest BCUT2D eigenvalue weighted by Crippen LogP contribution is 2.32. The Labute approximate surface area is 163 Å². The number of carbonyl (C=O) groups excluding carboxylic acids is 1. The van der Waals surface area contributed by atoms with Crippen molar-refractivity contribution in [2.75, 3.05) is 0 Å². The standard InChI is InChI=1S/C19H27N5O2S/c1-13-12-14(2)24(18(26)21-13)10-8-17(25)22-15-4-6-16(7-5-15)27-19-20-9-11-23(19)3/h9,11-12,15-16H,4-8,10H2,1-3H3,(H,22,25). The zero-order chi connectivity index (χ0) is 19.4. The van der Waals surface area contributed by atoms with Crippen molar-refractivity contribution in [3.8, 4) is 0 Å². The van der Waals surface area contributed by atoms with Gasteiger partial charge in [0.1, 0.15) is 0 Å². The van der Waals surface area contributed by atoms with Crippen LogP contribution in [0.2, 0.25) is 0 Å². The van der Waals surface area contributed by atoms with Crippen LogP contribution in [0.5, 0.6) is 0 Å². The molecule has 0 saturated heterocycles. The van der Waals surface area contributed by atoms with Crippen molar-refractivity contribution in [1.82, 2.24) is 24.4 Å². The Kier molecular flexibility index (Phi) is 6.36. The molecule has 1 saturated carbocycles. The lowest BCUT2D eigenvalue weighted by molar-refractivity contribution is -0.122. The van der Waals surface area contributed by atoms with Gasteiger partial charge in [-0.15, -0.1) is 0 Å². The summed E-state index contributed by atoms with van der Waals surface area (Å²) in [4.78, 5) is 32.6. The fraction of sp³-hybridized carbons (Fsp3) is 0.579. The van der Waals surface area contributed by atoms with E-state index in [4.69, 9.17) is 0 Å². The summed E-state index contributed by atoms with van der Waals surface area (Å²) in [6, 6.07) is 2.09. The van der Waals surface area contributed by atoms with Gasteiger partial charge in [0, 0.05) is 55.1 Å². The lowest BCUT2D eigenvalue weighted by Crippen LogP contribution is -2.39. The molecule has 2 aromatic heterocycles. The Morgan fingerprint density at radius 2 is 2.04 bits per heavy atom. The van der Waals surface area contributed by atoms with Gasteiger partial charge in [0.25, 0.3) is 0 Å². The van der Waals surface area contributed by atoms with Crippen LogP contribution >= 0.6 is 11.8 Å². The highest BCUT2D eigenvalue weighted by Gasteiger charge is 2.24. The molecule has 7 nitrogen and oxygen atoms in total. The van der Waals surface area contributed by atoms with Crippen molar-refractivity contribution >= 4 is 17.7 Å². The van der Waals surface area contributed by atoms with E-state index < -0.39 is 0 Å². The van der Waals surface area contributed by atoms with E-state index in [9.17, 15) is 9.59 Å². The SMILES string of the molecule is Cc1cc(C)n(CCC(=O)NC2CCC(Sc3nccn3C)CC2)c(=O)n1. The van der Waals surface area contributed by atoms with E-state index in [1.54, 1.807) is 11.5 Å². The maximum atomic E-state index is 12.3. The Morgan fingerprint density at radius 1 is 1.30 bits per heavy atom. The fourth-order valence-corrected chi connectivity index (χ4v) is 4.65. The molecule has 27 heavy (non-hydrogen) atoms. The number of aromatic nitrogens is 4. The number of amides is 1. The van der Waals surface area contributed by atoms with Gasteiger partial charge in [0.05, 0.1) is 0 Å². The predicted molar refractivity (Wildman–Crippen MR) is 106 cm³/mol. The van der Waals surface area contributed by atoms with Crippen LogP contribution in [0, 0.1) is 13.8 Å². The van der Waals surface area contributed by atoms with E-state index in [2.05, 4.69) is 15.3 Å². The monoisotopic (exact) mass is 389 g/mol. The van der Waals surface area contributed by atoms with Crippen molar-refractivity contribution < 1.29 is 4.79 Å². The predicted octanol–water partition coefficient (Wildman–Crippen LogP) is 2.20. The van der Waals surface area contributed by atoms with E-state index in [1.165, 1.54) is 0 Å². The molecule has 0 bridgehead atoms. The summed E-state index contributed by atoms with van der Waals surface area (Å²) in [6.45, 7) is 4.04. The van der Waals surface area contributed by atoms with Gasteiger partial charge in [-0.05, 0) is 45.6 Å². The van der Waals surface area contributed by atoms with Gasteiger partial charge < -0.3 is 9.88 Å². The highest BCUT2D eigenvalue weighted by atomic mass is 32.2. The lowest BCUT2D eigenvalue weighted by atomic mass is 9.95. The summed E-state index contributed by atoms with van der Waals surface area (Å²) in [5.41, 5.74) is 1.26. The number of hydrogen-bond acceptors (Lipinski definition) is 5. The molecule has 0 aromatic carbocycles. The van der Waals surface area contributed by atoms with Crippen molar-refractivity contribution in [3.63, 3.8) is 0 Å². The van der Waals surface area contributed by atoms with Crippen LogP contribution in [-0.2, 0) is 18.4 Å². The molecule has 2 heterocycles. The van der Waals surface area contributed by atoms with Crippen LogP contribution in [0.25, 0.3) is 0 Å². The summed E-state index contributed by atoms with van der Waals surface area (Å²) in [7, 11) is 2.01. The van der Waals surface area contributed by atoms with Gasteiger partial charge in [-0.1, -0.05) is 11.8 Å². The Hall–Kier alpha value is -2.09. The molecule has 1 aliphatic rings. The molecule has 0 radical (unpaired) electrons.